The van der Waals surface area contributed by atoms with Gasteiger partial charge in [-0.2, -0.15) is 13.2 Å². The SMILES string of the molecule is CCOC(=O)c1c[nH]c2ncnc(-c3ccc(C(F)(F)F)cc3)c12. The largest absolute Gasteiger partial charge is 0.462 e. The van der Waals surface area contributed by atoms with E-state index in [9.17, 15) is 18.0 Å². The van der Waals surface area contributed by atoms with Crippen LogP contribution in [0.4, 0.5) is 13.2 Å². The van der Waals surface area contributed by atoms with Gasteiger partial charge in [-0.25, -0.2) is 14.8 Å². The van der Waals surface area contributed by atoms with Crippen LogP contribution in [-0.4, -0.2) is 27.5 Å². The first-order valence-electron chi connectivity index (χ1n) is 7.08. The van der Waals surface area contributed by atoms with Crippen LogP contribution in [0.25, 0.3) is 22.3 Å². The van der Waals surface area contributed by atoms with Gasteiger partial charge in [0.2, 0.25) is 0 Å². The number of aromatic nitrogens is 3. The van der Waals surface area contributed by atoms with Crippen LogP contribution in [0.1, 0.15) is 22.8 Å². The Bertz CT molecular complexity index is 886. The Kier molecular flexibility index (Phi) is 3.96. The minimum atomic E-state index is -4.41. The number of carbonyl (C=O) groups excluding carboxylic acids is 1. The summed E-state index contributed by atoms with van der Waals surface area (Å²) in [5.74, 6) is -0.549. The van der Waals surface area contributed by atoms with Crippen molar-refractivity contribution in [3.05, 3.63) is 47.9 Å². The number of nitrogens with zero attached hydrogens (tertiary/aromatic N) is 2. The maximum Gasteiger partial charge on any atom is 0.416 e. The second kappa shape index (κ2) is 5.95. The number of carbonyl (C=O) groups is 1. The molecule has 0 saturated carbocycles. The molecule has 2 aromatic heterocycles. The van der Waals surface area contributed by atoms with E-state index in [0.717, 1.165) is 12.1 Å². The van der Waals surface area contributed by atoms with E-state index in [0.29, 0.717) is 22.3 Å². The number of hydrogen-bond acceptors (Lipinski definition) is 4. The lowest BCUT2D eigenvalue weighted by molar-refractivity contribution is -0.137. The van der Waals surface area contributed by atoms with Gasteiger partial charge in [-0.15, -0.1) is 0 Å². The van der Waals surface area contributed by atoms with Crippen molar-refractivity contribution < 1.29 is 22.7 Å². The van der Waals surface area contributed by atoms with E-state index < -0.39 is 17.7 Å². The van der Waals surface area contributed by atoms with Crippen LogP contribution in [0.2, 0.25) is 0 Å². The summed E-state index contributed by atoms with van der Waals surface area (Å²) in [5.41, 5.74) is 0.695. The molecule has 124 valence electrons. The number of halogens is 3. The summed E-state index contributed by atoms with van der Waals surface area (Å²) in [5, 5.41) is 0.413. The third-order valence-electron chi connectivity index (χ3n) is 3.45. The smallest absolute Gasteiger partial charge is 0.416 e. The zero-order valence-corrected chi connectivity index (χ0v) is 12.5. The molecule has 2 heterocycles. The van der Waals surface area contributed by atoms with Gasteiger partial charge >= 0.3 is 12.1 Å². The summed E-state index contributed by atoms with van der Waals surface area (Å²) >= 11 is 0. The molecule has 0 unspecified atom stereocenters. The summed E-state index contributed by atoms with van der Waals surface area (Å²) in [4.78, 5) is 23.0. The van der Waals surface area contributed by atoms with Crippen LogP contribution < -0.4 is 0 Å². The molecule has 0 aliphatic rings. The third-order valence-corrected chi connectivity index (χ3v) is 3.45. The van der Waals surface area contributed by atoms with Crippen LogP contribution in [-0.2, 0) is 10.9 Å². The highest BCUT2D eigenvalue weighted by Gasteiger charge is 2.30. The summed E-state index contributed by atoms with van der Waals surface area (Å²) in [6.07, 6.45) is -1.69. The first-order valence-corrected chi connectivity index (χ1v) is 7.08. The number of alkyl halides is 3. The van der Waals surface area contributed by atoms with Crippen molar-refractivity contribution in [3.8, 4) is 11.3 Å². The monoisotopic (exact) mass is 335 g/mol. The van der Waals surface area contributed by atoms with Crippen molar-refractivity contribution in [2.75, 3.05) is 6.61 Å². The van der Waals surface area contributed by atoms with E-state index >= 15 is 0 Å². The maximum atomic E-state index is 12.7. The molecular weight excluding hydrogens is 323 g/mol. The Morgan fingerprint density at radius 1 is 1.21 bits per heavy atom. The van der Waals surface area contributed by atoms with E-state index in [1.807, 2.05) is 0 Å². The van der Waals surface area contributed by atoms with Gasteiger partial charge in [0.25, 0.3) is 0 Å². The Hall–Kier alpha value is -2.90. The average molecular weight is 335 g/mol. The number of esters is 1. The average Bonchev–Trinajstić information content (AvgIpc) is 2.98. The number of aromatic amines is 1. The number of ether oxygens (including phenoxy) is 1. The molecule has 0 bridgehead atoms. The fourth-order valence-corrected chi connectivity index (χ4v) is 2.37. The van der Waals surface area contributed by atoms with Gasteiger partial charge in [0, 0.05) is 11.8 Å². The maximum absolute atomic E-state index is 12.7. The highest BCUT2D eigenvalue weighted by Crippen LogP contribution is 2.33. The fourth-order valence-electron chi connectivity index (χ4n) is 2.37. The number of rotatable bonds is 3. The van der Waals surface area contributed by atoms with E-state index in [2.05, 4.69) is 15.0 Å². The van der Waals surface area contributed by atoms with E-state index in [4.69, 9.17) is 4.74 Å². The Labute approximate surface area is 134 Å². The summed E-state index contributed by atoms with van der Waals surface area (Å²) in [7, 11) is 0. The van der Waals surface area contributed by atoms with E-state index in [1.165, 1.54) is 24.7 Å². The van der Waals surface area contributed by atoms with Crippen molar-refractivity contribution in [2.45, 2.75) is 13.1 Å². The van der Waals surface area contributed by atoms with Crippen molar-refractivity contribution in [1.29, 1.82) is 0 Å². The molecule has 0 saturated heterocycles. The minimum absolute atomic E-state index is 0.203. The van der Waals surface area contributed by atoms with Crippen LogP contribution in [0.15, 0.2) is 36.8 Å². The number of benzene rings is 1. The zero-order valence-electron chi connectivity index (χ0n) is 12.5. The van der Waals surface area contributed by atoms with Gasteiger partial charge in [-0.1, -0.05) is 12.1 Å². The Balaban J connectivity index is 2.12. The first kappa shape index (κ1) is 16.0. The van der Waals surface area contributed by atoms with Gasteiger partial charge in [0.15, 0.2) is 0 Å². The van der Waals surface area contributed by atoms with Crippen molar-refractivity contribution >= 4 is 17.0 Å². The lowest BCUT2D eigenvalue weighted by atomic mass is 10.0. The topological polar surface area (TPSA) is 67.9 Å². The minimum Gasteiger partial charge on any atom is -0.462 e. The number of hydrogen-bond donors (Lipinski definition) is 1. The van der Waals surface area contributed by atoms with E-state index in [-0.39, 0.29) is 12.2 Å². The predicted octanol–water partition coefficient (Wildman–Crippen LogP) is 3.82. The van der Waals surface area contributed by atoms with Crippen LogP contribution in [0.5, 0.6) is 0 Å². The number of nitrogens with one attached hydrogen (secondary N) is 1. The summed E-state index contributed by atoms with van der Waals surface area (Å²) in [6.45, 7) is 1.88. The quantitative estimate of drug-likeness (QED) is 0.739. The predicted molar refractivity (Wildman–Crippen MR) is 80.3 cm³/mol. The van der Waals surface area contributed by atoms with Crippen LogP contribution >= 0.6 is 0 Å². The second-order valence-electron chi connectivity index (χ2n) is 4.94. The summed E-state index contributed by atoms with van der Waals surface area (Å²) in [6, 6.07) is 4.57. The molecule has 0 spiro atoms. The van der Waals surface area contributed by atoms with Gasteiger partial charge < -0.3 is 9.72 Å². The molecule has 24 heavy (non-hydrogen) atoms. The molecular formula is C16H12F3N3O2. The Morgan fingerprint density at radius 3 is 2.54 bits per heavy atom. The molecule has 1 aromatic carbocycles. The van der Waals surface area contributed by atoms with Gasteiger partial charge in [-0.05, 0) is 19.1 Å². The van der Waals surface area contributed by atoms with E-state index in [1.54, 1.807) is 6.92 Å². The molecule has 5 nitrogen and oxygen atoms in total. The molecule has 0 aliphatic heterocycles. The lowest BCUT2D eigenvalue weighted by Crippen LogP contribution is -2.05. The summed E-state index contributed by atoms with van der Waals surface area (Å²) < 4.78 is 43.1. The standard InChI is InChI=1S/C16H12F3N3O2/c1-2-24-15(23)11-7-20-14-12(11)13(21-8-22-14)9-3-5-10(6-4-9)16(17,18)19/h3-8H,2H2,1H3,(H,20,21,22). The van der Waals surface area contributed by atoms with Gasteiger partial charge in [0.1, 0.15) is 12.0 Å². The molecule has 1 N–H and O–H groups in total. The molecule has 0 amide bonds. The zero-order chi connectivity index (χ0) is 17.3. The van der Waals surface area contributed by atoms with Crippen LogP contribution in [0.3, 0.4) is 0 Å². The van der Waals surface area contributed by atoms with Gasteiger partial charge in [-0.3, -0.25) is 0 Å². The lowest BCUT2D eigenvalue weighted by Gasteiger charge is -2.08. The van der Waals surface area contributed by atoms with Crippen molar-refractivity contribution in [1.82, 2.24) is 15.0 Å². The molecule has 3 aromatic rings. The molecule has 0 fully saturated rings. The van der Waals surface area contributed by atoms with Crippen molar-refractivity contribution in [3.63, 3.8) is 0 Å². The highest BCUT2D eigenvalue weighted by atomic mass is 19.4. The normalized spacial score (nSPS) is 11.7. The van der Waals surface area contributed by atoms with Crippen LogP contribution in [0, 0.1) is 0 Å². The Morgan fingerprint density at radius 2 is 1.92 bits per heavy atom. The highest BCUT2D eigenvalue weighted by molar-refractivity contribution is 6.08. The molecule has 3 rings (SSSR count). The molecule has 0 radical (unpaired) electrons. The molecule has 0 atom stereocenters. The number of fused-ring (bicyclic) bond motifs is 1. The van der Waals surface area contributed by atoms with Gasteiger partial charge in [0.05, 0.1) is 28.8 Å². The third kappa shape index (κ3) is 2.82. The first-order chi connectivity index (χ1) is 11.4. The second-order valence-corrected chi connectivity index (χ2v) is 4.94. The molecule has 8 heteroatoms. The molecule has 0 aliphatic carbocycles. The van der Waals surface area contributed by atoms with Crippen molar-refractivity contribution in [2.24, 2.45) is 0 Å². The fraction of sp³-hybridized carbons (Fsp3) is 0.188. The number of H-pyrrole nitrogens is 1.